The molecule has 2 rings (SSSR count). The van der Waals surface area contributed by atoms with Gasteiger partial charge in [0.1, 0.15) is 12.1 Å². The van der Waals surface area contributed by atoms with Gasteiger partial charge in [0, 0.05) is 26.5 Å². The van der Waals surface area contributed by atoms with Gasteiger partial charge in [-0.3, -0.25) is 4.57 Å². The zero-order valence-electron chi connectivity index (χ0n) is 11.4. The molecule has 0 radical (unpaired) electrons. The number of ether oxygens (including phenoxy) is 1. The minimum absolute atomic E-state index is 0.621. The second-order valence-electron chi connectivity index (χ2n) is 4.17. The number of benzene rings is 1. The highest BCUT2D eigenvalue weighted by atomic mass is 16.5. The number of rotatable bonds is 4. The Kier molecular flexibility index (Phi) is 4.18. The van der Waals surface area contributed by atoms with Gasteiger partial charge in [-0.05, 0) is 19.1 Å². The van der Waals surface area contributed by atoms with Gasteiger partial charge in [-0.25, -0.2) is 4.98 Å². The van der Waals surface area contributed by atoms with Gasteiger partial charge in [-0.15, -0.1) is 0 Å². The van der Waals surface area contributed by atoms with E-state index in [0.717, 1.165) is 17.1 Å². The van der Waals surface area contributed by atoms with E-state index in [2.05, 4.69) is 10.1 Å². The minimum atomic E-state index is 0.621. The van der Waals surface area contributed by atoms with Crippen LogP contribution < -0.4 is 4.74 Å². The second-order valence-corrected chi connectivity index (χ2v) is 4.17. The fourth-order valence-electron chi connectivity index (χ4n) is 1.75. The Balaban J connectivity index is 2.50. The number of hydrazone groups is 1. The van der Waals surface area contributed by atoms with Crippen LogP contribution in [0.4, 0.5) is 0 Å². The van der Waals surface area contributed by atoms with Gasteiger partial charge in [-0.1, -0.05) is 12.1 Å². The summed E-state index contributed by atoms with van der Waals surface area (Å²) in [7, 11) is 3.78. The molecule has 0 aliphatic rings. The molecule has 5 nitrogen and oxygen atoms in total. The van der Waals surface area contributed by atoms with Crippen molar-refractivity contribution in [3.63, 3.8) is 0 Å². The van der Waals surface area contributed by atoms with Gasteiger partial charge in [0.2, 0.25) is 0 Å². The first kappa shape index (κ1) is 13.1. The normalized spacial score (nSPS) is 11.4. The van der Waals surface area contributed by atoms with Gasteiger partial charge in [0.15, 0.2) is 5.84 Å². The van der Waals surface area contributed by atoms with Gasteiger partial charge in [0.05, 0.1) is 12.2 Å². The van der Waals surface area contributed by atoms with E-state index in [1.165, 1.54) is 0 Å². The summed E-state index contributed by atoms with van der Waals surface area (Å²) in [6.45, 7) is 2.59. The summed E-state index contributed by atoms with van der Waals surface area (Å²) in [5.74, 6) is 1.60. The van der Waals surface area contributed by atoms with Crippen LogP contribution in [0.25, 0.3) is 0 Å². The molecule has 1 aromatic carbocycles. The molecule has 0 atom stereocenters. The lowest BCUT2D eigenvalue weighted by Gasteiger charge is -2.15. The van der Waals surface area contributed by atoms with Crippen molar-refractivity contribution in [2.75, 3.05) is 20.7 Å². The molecular weight excluding hydrogens is 240 g/mol. The van der Waals surface area contributed by atoms with Crippen molar-refractivity contribution >= 4 is 5.84 Å². The van der Waals surface area contributed by atoms with E-state index in [1.807, 2.05) is 56.0 Å². The van der Waals surface area contributed by atoms with E-state index in [9.17, 15) is 0 Å². The molecule has 0 amide bonds. The topological polar surface area (TPSA) is 42.6 Å². The minimum Gasteiger partial charge on any atom is -0.493 e. The zero-order chi connectivity index (χ0) is 13.7. The molecule has 0 saturated carbocycles. The molecule has 0 spiro atoms. The van der Waals surface area contributed by atoms with Crippen molar-refractivity contribution in [2.24, 2.45) is 5.10 Å². The Bertz CT molecular complexity index is 546. The van der Waals surface area contributed by atoms with E-state index in [-0.39, 0.29) is 0 Å². The Morgan fingerprint density at radius 2 is 2.16 bits per heavy atom. The molecule has 1 aromatic heterocycles. The first-order valence-electron chi connectivity index (χ1n) is 6.19. The lowest BCUT2D eigenvalue weighted by atomic mass is 10.2. The summed E-state index contributed by atoms with van der Waals surface area (Å²) in [4.78, 5) is 4.07. The number of nitrogens with zero attached hydrogens (tertiary/aromatic N) is 4. The van der Waals surface area contributed by atoms with Crippen molar-refractivity contribution in [1.29, 1.82) is 0 Å². The quantitative estimate of drug-likeness (QED) is 0.479. The maximum Gasteiger partial charge on any atom is 0.168 e. The molecule has 0 aliphatic heterocycles. The van der Waals surface area contributed by atoms with E-state index in [0.29, 0.717) is 6.61 Å². The summed E-state index contributed by atoms with van der Waals surface area (Å²) in [5, 5.41) is 6.29. The molecule has 0 unspecified atom stereocenters. The highest BCUT2D eigenvalue weighted by Gasteiger charge is 2.12. The molecule has 5 heteroatoms. The number of hydrogen-bond acceptors (Lipinski definition) is 4. The standard InChI is InChI=1S/C14H18N4O/c1-4-19-13-8-6-5-7-12(13)14(16-17(2)3)18-10-9-15-11-18/h5-11H,4H2,1-3H3. The molecule has 100 valence electrons. The molecule has 0 bridgehead atoms. The summed E-state index contributed by atoms with van der Waals surface area (Å²) >= 11 is 0. The average Bonchev–Trinajstić information content (AvgIpc) is 2.91. The molecular formula is C14H18N4O. The first-order chi connectivity index (χ1) is 9.22. The maximum atomic E-state index is 5.66. The lowest BCUT2D eigenvalue weighted by Crippen LogP contribution is -2.18. The van der Waals surface area contributed by atoms with Crippen molar-refractivity contribution in [2.45, 2.75) is 6.92 Å². The summed E-state index contributed by atoms with van der Waals surface area (Å²) < 4.78 is 7.54. The number of para-hydroxylation sites is 1. The Morgan fingerprint density at radius 3 is 2.79 bits per heavy atom. The van der Waals surface area contributed by atoms with E-state index >= 15 is 0 Å². The molecule has 0 N–H and O–H groups in total. The Labute approximate surface area is 113 Å². The van der Waals surface area contributed by atoms with Crippen molar-refractivity contribution in [1.82, 2.24) is 14.6 Å². The zero-order valence-corrected chi connectivity index (χ0v) is 11.4. The monoisotopic (exact) mass is 258 g/mol. The third-order valence-corrected chi connectivity index (χ3v) is 2.47. The van der Waals surface area contributed by atoms with Crippen LogP contribution in [0.15, 0.2) is 48.1 Å². The van der Waals surface area contributed by atoms with Gasteiger partial charge in [-0.2, -0.15) is 5.10 Å². The van der Waals surface area contributed by atoms with Crippen LogP contribution in [-0.4, -0.2) is 41.1 Å². The Hall–Kier alpha value is -2.30. The van der Waals surface area contributed by atoms with Gasteiger partial charge in [0.25, 0.3) is 0 Å². The second kappa shape index (κ2) is 6.04. The van der Waals surface area contributed by atoms with E-state index in [1.54, 1.807) is 17.5 Å². The predicted molar refractivity (Wildman–Crippen MR) is 75.5 cm³/mol. The summed E-state index contributed by atoms with van der Waals surface area (Å²) in [6.07, 6.45) is 5.32. The highest BCUT2D eigenvalue weighted by molar-refractivity contribution is 6.02. The van der Waals surface area contributed by atoms with Crippen LogP contribution >= 0.6 is 0 Å². The third-order valence-electron chi connectivity index (χ3n) is 2.47. The molecule has 19 heavy (non-hydrogen) atoms. The first-order valence-corrected chi connectivity index (χ1v) is 6.19. The van der Waals surface area contributed by atoms with Crippen LogP contribution in [0.1, 0.15) is 12.5 Å². The molecule has 0 fully saturated rings. The Morgan fingerprint density at radius 1 is 1.37 bits per heavy atom. The molecule has 1 heterocycles. The smallest absolute Gasteiger partial charge is 0.168 e. The average molecular weight is 258 g/mol. The highest BCUT2D eigenvalue weighted by Crippen LogP contribution is 2.20. The van der Waals surface area contributed by atoms with Gasteiger partial charge >= 0.3 is 0 Å². The number of hydrogen-bond donors (Lipinski definition) is 0. The third kappa shape index (κ3) is 3.13. The fourth-order valence-corrected chi connectivity index (χ4v) is 1.75. The van der Waals surface area contributed by atoms with E-state index in [4.69, 9.17) is 4.74 Å². The van der Waals surface area contributed by atoms with Crippen molar-refractivity contribution in [3.8, 4) is 5.75 Å². The van der Waals surface area contributed by atoms with Crippen LogP contribution in [0, 0.1) is 0 Å². The molecule has 0 saturated heterocycles. The van der Waals surface area contributed by atoms with E-state index < -0.39 is 0 Å². The van der Waals surface area contributed by atoms with Crippen LogP contribution in [0.5, 0.6) is 5.75 Å². The largest absolute Gasteiger partial charge is 0.493 e. The number of imidazole rings is 1. The van der Waals surface area contributed by atoms with Crippen molar-refractivity contribution in [3.05, 3.63) is 48.5 Å². The lowest BCUT2D eigenvalue weighted by molar-refractivity contribution is 0.339. The summed E-state index contributed by atoms with van der Waals surface area (Å²) in [5.41, 5.74) is 0.941. The molecule has 0 aliphatic carbocycles. The van der Waals surface area contributed by atoms with Crippen molar-refractivity contribution < 1.29 is 4.74 Å². The number of aromatic nitrogens is 2. The fraction of sp³-hybridized carbons (Fsp3) is 0.286. The van der Waals surface area contributed by atoms with Crippen LogP contribution in [0.2, 0.25) is 0 Å². The summed E-state index contributed by atoms with van der Waals surface area (Å²) in [6, 6.07) is 7.86. The predicted octanol–water partition coefficient (Wildman–Crippen LogP) is 2.05. The van der Waals surface area contributed by atoms with Crippen LogP contribution in [-0.2, 0) is 0 Å². The van der Waals surface area contributed by atoms with Gasteiger partial charge < -0.3 is 9.75 Å². The molecule has 2 aromatic rings. The maximum absolute atomic E-state index is 5.66. The van der Waals surface area contributed by atoms with Crippen LogP contribution in [0.3, 0.4) is 0 Å². The SMILES string of the molecule is CCOc1ccccc1C(=NN(C)C)n1ccnc1.